The Kier molecular flexibility index (Phi) is 8.33. The number of rotatable bonds is 8. The van der Waals surface area contributed by atoms with Crippen LogP contribution in [0.1, 0.15) is 57.5 Å². The van der Waals surface area contributed by atoms with Crippen molar-refractivity contribution in [3.8, 4) is 5.75 Å². The number of hydrogen-bond acceptors (Lipinski definition) is 4. The Balaban J connectivity index is 1.45. The second-order valence-electron chi connectivity index (χ2n) is 8.38. The van der Waals surface area contributed by atoms with E-state index in [1.165, 1.54) is 0 Å². The number of carboxylic acids is 1. The maximum Gasteiger partial charge on any atom is 0.306 e. The van der Waals surface area contributed by atoms with Gasteiger partial charge in [-0.05, 0) is 87.1 Å². The van der Waals surface area contributed by atoms with Crippen LogP contribution in [0.2, 0.25) is 5.02 Å². The molecular weight excluding hydrogens is 444 g/mol. The normalized spacial score (nSPS) is 17.8. The Morgan fingerprint density at radius 2 is 1.61 bits per heavy atom. The molecule has 1 saturated carbocycles. The highest BCUT2D eigenvalue weighted by Gasteiger charge is 2.27. The fraction of sp³-hybridized carbons (Fsp3) is 0.400. The minimum absolute atomic E-state index is 0.00674. The summed E-state index contributed by atoms with van der Waals surface area (Å²) >= 11 is 5.99. The highest BCUT2D eigenvalue weighted by atomic mass is 35.5. The Hall–Kier alpha value is -3.06. The Labute approximate surface area is 198 Å². The van der Waals surface area contributed by atoms with Gasteiger partial charge in [-0.25, -0.2) is 0 Å². The molecule has 1 aliphatic carbocycles. The summed E-state index contributed by atoms with van der Waals surface area (Å²) in [4.78, 5) is 35.8. The number of benzene rings is 2. The van der Waals surface area contributed by atoms with Gasteiger partial charge in [0.2, 0.25) is 0 Å². The van der Waals surface area contributed by atoms with E-state index in [0.29, 0.717) is 60.7 Å². The first-order chi connectivity index (χ1) is 15.7. The zero-order chi connectivity index (χ0) is 24.0. The Morgan fingerprint density at radius 3 is 2.21 bits per heavy atom. The van der Waals surface area contributed by atoms with Gasteiger partial charge in [-0.15, -0.1) is 0 Å². The molecule has 2 amide bonds. The van der Waals surface area contributed by atoms with Crippen LogP contribution in [0.3, 0.4) is 0 Å². The van der Waals surface area contributed by atoms with E-state index in [9.17, 15) is 14.4 Å². The van der Waals surface area contributed by atoms with Crippen LogP contribution in [0, 0.1) is 19.8 Å². The number of amides is 2. The number of nitrogens with one attached hydrogen (secondary N) is 2. The molecule has 1 fully saturated rings. The van der Waals surface area contributed by atoms with E-state index in [1.54, 1.807) is 30.3 Å². The number of carboxylic acid groups (broad SMARTS) is 1. The molecule has 2 aromatic carbocycles. The highest BCUT2D eigenvalue weighted by Crippen LogP contribution is 2.28. The molecule has 1 aliphatic rings. The van der Waals surface area contributed by atoms with Crippen molar-refractivity contribution < 1.29 is 24.2 Å². The standard InChI is InChI=1S/C25H29ClN2O5/c1-15-14-20(33-19-6-3-17(4-7-19)25(31)32)8-9-21(15)24(30)28-12-11-27-23(29)18-5-10-22(26)16(2)13-18/h5,8-10,13-14,17,19H,3-4,6-7,11-12H2,1-2H3,(H,27,29)(H,28,30)(H,31,32)/t17-,19+. The Bertz CT molecular complexity index is 1030. The van der Waals surface area contributed by atoms with Gasteiger partial charge in [0.15, 0.2) is 0 Å². The molecule has 0 unspecified atom stereocenters. The van der Waals surface area contributed by atoms with Crippen LogP contribution in [-0.4, -0.2) is 42.1 Å². The number of carbonyl (C=O) groups is 3. The molecule has 33 heavy (non-hydrogen) atoms. The first-order valence-electron chi connectivity index (χ1n) is 11.1. The fourth-order valence-corrected chi connectivity index (χ4v) is 4.04. The third-order valence-corrected chi connectivity index (χ3v) is 6.31. The molecular formula is C25H29ClN2O5. The summed E-state index contributed by atoms with van der Waals surface area (Å²) < 4.78 is 6.00. The molecule has 0 bridgehead atoms. The van der Waals surface area contributed by atoms with E-state index in [1.807, 2.05) is 19.9 Å². The molecule has 0 heterocycles. The van der Waals surface area contributed by atoms with Gasteiger partial charge in [-0.1, -0.05) is 11.6 Å². The van der Waals surface area contributed by atoms with E-state index in [0.717, 1.165) is 11.1 Å². The number of ether oxygens (including phenoxy) is 1. The van der Waals surface area contributed by atoms with Gasteiger partial charge in [-0.2, -0.15) is 0 Å². The minimum atomic E-state index is -0.737. The third kappa shape index (κ3) is 6.71. The molecule has 2 aromatic rings. The van der Waals surface area contributed by atoms with Crippen molar-refractivity contribution >= 4 is 29.4 Å². The van der Waals surface area contributed by atoms with Crippen LogP contribution >= 0.6 is 11.6 Å². The number of halogens is 1. The van der Waals surface area contributed by atoms with Crippen LogP contribution in [0.25, 0.3) is 0 Å². The second kappa shape index (κ2) is 11.2. The fourth-order valence-electron chi connectivity index (χ4n) is 3.92. The molecule has 0 spiro atoms. The lowest BCUT2D eigenvalue weighted by molar-refractivity contribution is -0.143. The van der Waals surface area contributed by atoms with Crippen LogP contribution in [0.5, 0.6) is 5.75 Å². The maximum absolute atomic E-state index is 12.5. The molecule has 0 radical (unpaired) electrons. The predicted octanol–water partition coefficient (Wildman–Crippen LogP) is 4.14. The molecule has 0 saturated heterocycles. The molecule has 0 aliphatic heterocycles. The van der Waals surface area contributed by atoms with Gasteiger partial charge in [0.25, 0.3) is 11.8 Å². The van der Waals surface area contributed by atoms with E-state index < -0.39 is 5.97 Å². The van der Waals surface area contributed by atoms with Gasteiger partial charge in [0.05, 0.1) is 12.0 Å². The average Bonchev–Trinajstić information content (AvgIpc) is 2.78. The topological polar surface area (TPSA) is 105 Å². The molecule has 7 nitrogen and oxygen atoms in total. The van der Waals surface area contributed by atoms with Crippen molar-refractivity contribution in [1.29, 1.82) is 0 Å². The Morgan fingerprint density at radius 1 is 0.939 bits per heavy atom. The number of aliphatic carboxylic acids is 1. The summed E-state index contributed by atoms with van der Waals surface area (Å²) in [5, 5.41) is 15.3. The zero-order valence-electron chi connectivity index (χ0n) is 18.8. The van der Waals surface area contributed by atoms with Gasteiger partial charge >= 0.3 is 5.97 Å². The summed E-state index contributed by atoms with van der Waals surface area (Å²) in [6.45, 7) is 4.27. The van der Waals surface area contributed by atoms with E-state index in [4.69, 9.17) is 21.4 Å². The molecule has 3 N–H and O–H groups in total. The summed E-state index contributed by atoms with van der Waals surface area (Å²) in [6.07, 6.45) is 2.65. The van der Waals surface area contributed by atoms with Crippen LogP contribution in [0.15, 0.2) is 36.4 Å². The maximum atomic E-state index is 12.5. The van der Waals surface area contributed by atoms with Crippen LogP contribution in [0.4, 0.5) is 0 Å². The van der Waals surface area contributed by atoms with E-state index in [2.05, 4.69) is 10.6 Å². The lowest BCUT2D eigenvalue weighted by Gasteiger charge is -2.27. The smallest absolute Gasteiger partial charge is 0.306 e. The number of aryl methyl sites for hydroxylation is 2. The molecule has 0 aromatic heterocycles. The van der Waals surface area contributed by atoms with Crippen LogP contribution in [-0.2, 0) is 4.79 Å². The SMILES string of the molecule is Cc1cc(C(=O)NCCNC(=O)c2ccc(O[C@H]3CC[C@@H](C(=O)O)CC3)cc2C)ccc1Cl. The van der Waals surface area contributed by atoms with Gasteiger partial charge < -0.3 is 20.5 Å². The second-order valence-corrected chi connectivity index (χ2v) is 8.79. The monoisotopic (exact) mass is 472 g/mol. The highest BCUT2D eigenvalue weighted by molar-refractivity contribution is 6.31. The van der Waals surface area contributed by atoms with Crippen LogP contribution < -0.4 is 15.4 Å². The number of hydrogen-bond donors (Lipinski definition) is 3. The summed E-state index contributed by atoms with van der Waals surface area (Å²) in [5.74, 6) is -0.790. The van der Waals surface area contributed by atoms with E-state index in [-0.39, 0.29) is 23.8 Å². The van der Waals surface area contributed by atoms with E-state index >= 15 is 0 Å². The van der Waals surface area contributed by atoms with Crippen molar-refractivity contribution in [3.63, 3.8) is 0 Å². The number of carbonyl (C=O) groups excluding carboxylic acids is 2. The van der Waals surface area contributed by atoms with Crippen molar-refractivity contribution in [3.05, 3.63) is 63.7 Å². The summed E-state index contributed by atoms with van der Waals surface area (Å²) in [5.41, 5.74) is 2.67. The predicted molar refractivity (Wildman–Crippen MR) is 126 cm³/mol. The first kappa shape index (κ1) is 24.6. The quantitative estimate of drug-likeness (QED) is 0.501. The summed E-state index contributed by atoms with van der Waals surface area (Å²) in [7, 11) is 0. The minimum Gasteiger partial charge on any atom is -0.490 e. The van der Waals surface area contributed by atoms with Crippen molar-refractivity contribution in [1.82, 2.24) is 10.6 Å². The lowest BCUT2D eigenvalue weighted by atomic mass is 9.87. The largest absolute Gasteiger partial charge is 0.490 e. The average molecular weight is 473 g/mol. The third-order valence-electron chi connectivity index (χ3n) is 5.88. The molecule has 0 atom stereocenters. The van der Waals surface area contributed by atoms with Gasteiger partial charge in [0, 0.05) is 29.2 Å². The zero-order valence-corrected chi connectivity index (χ0v) is 19.6. The lowest BCUT2D eigenvalue weighted by Crippen LogP contribution is -2.35. The van der Waals surface area contributed by atoms with Gasteiger partial charge in [-0.3, -0.25) is 14.4 Å². The molecule has 176 valence electrons. The van der Waals surface area contributed by atoms with Crippen molar-refractivity contribution in [2.75, 3.05) is 13.1 Å². The van der Waals surface area contributed by atoms with Crippen molar-refractivity contribution in [2.24, 2.45) is 5.92 Å². The van der Waals surface area contributed by atoms with Crippen molar-refractivity contribution in [2.45, 2.75) is 45.6 Å². The molecule has 3 rings (SSSR count). The summed E-state index contributed by atoms with van der Waals surface area (Å²) in [6, 6.07) is 10.4. The van der Waals surface area contributed by atoms with Gasteiger partial charge in [0.1, 0.15) is 5.75 Å². The molecule has 8 heteroatoms. The first-order valence-corrected chi connectivity index (χ1v) is 11.4.